The first-order chi connectivity index (χ1) is 13.7. The van der Waals surface area contributed by atoms with Gasteiger partial charge < -0.3 is 14.2 Å². The van der Waals surface area contributed by atoms with E-state index in [0.29, 0.717) is 31.3 Å². The molecule has 1 atom stereocenters. The maximum absolute atomic E-state index is 12.3. The number of hydrogen-bond donors (Lipinski definition) is 0. The van der Waals surface area contributed by atoms with Crippen LogP contribution in [0.1, 0.15) is 36.5 Å². The van der Waals surface area contributed by atoms with Gasteiger partial charge in [-0.3, -0.25) is 4.79 Å². The zero-order chi connectivity index (χ0) is 19.3. The van der Waals surface area contributed by atoms with Gasteiger partial charge >= 0.3 is 0 Å². The first kappa shape index (κ1) is 18.7. The molecule has 1 aliphatic rings. The van der Waals surface area contributed by atoms with Crippen LogP contribution in [0.2, 0.25) is 0 Å². The Kier molecular flexibility index (Phi) is 5.71. The molecule has 1 saturated heterocycles. The van der Waals surface area contributed by atoms with Crippen LogP contribution in [-0.2, 0) is 11.2 Å². The molecule has 0 saturated carbocycles. The summed E-state index contributed by atoms with van der Waals surface area (Å²) in [5, 5.41) is 6.17. The Morgan fingerprint density at radius 1 is 1.29 bits per heavy atom. The Labute approximate surface area is 168 Å². The van der Waals surface area contributed by atoms with Crippen molar-refractivity contribution in [3.63, 3.8) is 0 Å². The van der Waals surface area contributed by atoms with Gasteiger partial charge in [-0.05, 0) is 48.6 Å². The van der Waals surface area contributed by atoms with Gasteiger partial charge in [0.2, 0.25) is 17.6 Å². The zero-order valence-electron chi connectivity index (χ0n) is 15.8. The molecule has 1 aliphatic heterocycles. The van der Waals surface area contributed by atoms with Gasteiger partial charge in [-0.15, -0.1) is 11.3 Å². The minimum absolute atomic E-state index is 0.0377. The second-order valence-electron chi connectivity index (χ2n) is 6.90. The molecule has 6 nitrogen and oxygen atoms in total. The average Bonchev–Trinajstić information content (AvgIpc) is 3.46. The van der Waals surface area contributed by atoms with E-state index in [-0.39, 0.29) is 11.8 Å². The lowest BCUT2D eigenvalue weighted by molar-refractivity contribution is -0.127. The predicted molar refractivity (Wildman–Crippen MR) is 107 cm³/mol. The third-order valence-corrected chi connectivity index (χ3v) is 5.74. The number of aromatic nitrogens is 2. The van der Waals surface area contributed by atoms with Crippen molar-refractivity contribution in [2.24, 2.45) is 0 Å². The van der Waals surface area contributed by atoms with E-state index in [2.05, 4.69) is 28.5 Å². The molecule has 7 heteroatoms. The number of likely N-dealkylation sites (tertiary alicyclic amines) is 1. The van der Waals surface area contributed by atoms with Crippen LogP contribution in [0.3, 0.4) is 0 Å². The molecule has 0 N–H and O–H groups in total. The molecular weight excluding hydrogens is 374 g/mol. The van der Waals surface area contributed by atoms with E-state index >= 15 is 0 Å². The molecule has 0 spiro atoms. The van der Waals surface area contributed by atoms with E-state index in [9.17, 15) is 4.79 Å². The number of carbonyl (C=O) groups excluding carboxylic acids is 1. The van der Waals surface area contributed by atoms with Crippen molar-refractivity contribution in [1.29, 1.82) is 0 Å². The Morgan fingerprint density at radius 2 is 2.14 bits per heavy atom. The summed E-state index contributed by atoms with van der Waals surface area (Å²) in [6, 6.07) is 11.8. The molecule has 4 rings (SSSR count). The molecule has 28 heavy (non-hydrogen) atoms. The lowest BCUT2D eigenvalue weighted by Gasteiger charge is -2.15. The van der Waals surface area contributed by atoms with Crippen LogP contribution in [0.25, 0.3) is 11.4 Å². The van der Waals surface area contributed by atoms with Crippen molar-refractivity contribution in [3.05, 3.63) is 52.5 Å². The van der Waals surface area contributed by atoms with E-state index in [1.807, 2.05) is 35.2 Å². The maximum Gasteiger partial charge on any atom is 0.232 e. The Hall–Kier alpha value is -2.67. The first-order valence-electron chi connectivity index (χ1n) is 9.60. The highest BCUT2D eigenvalue weighted by Gasteiger charge is 2.34. The summed E-state index contributed by atoms with van der Waals surface area (Å²) in [7, 11) is 0. The van der Waals surface area contributed by atoms with Crippen LogP contribution in [0.4, 0.5) is 0 Å². The summed E-state index contributed by atoms with van der Waals surface area (Å²) in [6.07, 6.45) is 2.29. The minimum atomic E-state index is -0.0377. The fraction of sp³-hybridized carbons (Fsp3) is 0.381. The molecule has 0 bridgehead atoms. The number of amides is 1. The normalized spacial score (nSPS) is 16.7. The standard InChI is InChI=1S/C21H23N3O3S/c1-2-11-26-17-7-5-15(6-8-17)20-22-21(27-23-20)16-13-19(25)24(14-16)10-9-18-4-3-12-28-18/h3-8,12,16H,2,9-11,13-14H2,1H3. The molecule has 3 heterocycles. The van der Waals surface area contributed by atoms with Gasteiger partial charge in [0.1, 0.15) is 5.75 Å². The number of ether oxygens (including phenoxy) is 1. The monoisotopic (exact) mass is 397 g/mol. The van der Waals surface area contributed by atoms with Crippen LogP contribution in [0, 0.1) is 0 Å². The summed E-state index contributed by atoms with van der Waals surface area (Å²) >= 11 is 1.72. The summed E-state index contributed by atoms with van der Waals surface area (Å²) in [6.45, 7) is 4.14. The van der Waals surface area contributed by atoms with Crippen LogP contribution in [0.5, 0.6) is 5.75 Å². The first-order valence-corrected chi connectivity index (χ1v) is 10.5. The molecule has 3 aromatic rings. The number of carbonyl (C=O) groups is 1. The van der Waals surface area contributed by atoms with Gasteiger partial charge in [0.25, 0.3) is 0 Å². The van der Waals surface area contributed by atoms with Gasteiger partial charge in [0.15, 0.2) is 0 Å². The van der Waals surface area contributed by atoms with Crippen molar-refractivity contribution in [2.45, 2.75) is 32.1 Å². The predicted octanol–water partition coefficient (Wildman–Crippen LogP) is 4.15. The Balaban J connectivity index is 1.38. The largest absolute Gasteiger partial charge is 0.494 e. The van der Waals surface area contributed by atoms with Gasteiger partial charge in [-0.25, -0.2) is 0 Å². The van der Waals surface area contributed by atoms with Crippen molar-refractivity contribution >= 4 is 17.2 Å². The number of hydrogen-bond acceptors (Lipinski definition) is 6. The van der Waals surface area contributed by atoms with Crippen molar-refractivity contribution in [2.75, 3.05) is 19.7 Å². The van der Waals surface area contributed by atoms with E-state index in [4.69, 9.17) is 9.26 Å². The van der Waals surface area contributed by atoms with Crippen LogP contribution >= 0.6 is 11.3 Å². The lowest BCUT2D eigenvalue weighted by atomic mass is 10.1. The van der Waals surface area contributed by atoms with Crippen molar-refractivity contribution in [1.82, 2.24) is 15.0 Å². The molecular formula is C21H23N3O3S. The highest BCUT2D eigenvalue weighted by atomic mass is 32.1. The smallest absolute Gasteiger partial charge is 0.232 e. The third kappa shape index (κ3) is 4.25. The van der Waals surface area contributed by atoms with Crippen molar-refractivity contribution < 1.29 is 14.1 Å². The summed E-state index contributed by atoms with van der Waals surface area (Å²) in [4.78, 5) is 20.1. The van der Waals surface area contributed by atoms with E-state index < -0.39 is 0 Å². The van der Waals surface area contributed by atoms with E-state index in [0.717, 1.165) is 30.7 Å². The highest BCUT2D eigenvalue weighted by molar-refractivity contribution is 7.09. The molecule has 1 amide bonds. The zero-order valence-corrected chi connectivity index (χ0v) is 16.7. The van der Waals surface area contributed by atoms with Gasteiger partial charge in [-0.2, -0.15) is 4.98 Å². The SMILES string of the molecule is CCCOc1ccc(-c2noc(C3CC(=O)N(CCc4cccs4)C3)n2)cc1. The molecule has 1 aromatic carbocycles. The van der Waals surface area contributed by atoms with Gasteiger partial charge in [0, 0.05) is 30.0 Å². The van der Waals surface area contributed by atoms with Crippen LogP contribution in [0.15, 0.2) is 46.3 Å². The highest BCUT2D eigenvalue weighted by Crippen LogP contribution is 2.29. The lowest BCUT2D eigenvalue weighted by Crippen LogP contribution is -2.27. The van der Waals surface area contributed by atoms with Gasteiger partial charge in [-0.1, -0.05) is 18.1 Å². The number of thiophene rings is 1. The number of nitrogens with zero attached hydrogens (tertiary/aromatic N) is 3. The minimum Gasteiger partial charge on any atom is -0.494 e. The fourth-order valence-corrected chi connectivity index (χ4v) is 3.99. The second-order valence-corrected chi connectivity index (χ2v) is 7.93. The molecule has 1 unspecified atom stereocenters. The van der Waals surface area contributed by atoms with Crippen LogP contribution in [-0.4, -0.2) is 40.6 Å². The quantitative estimate of drug-likeness (QED) is 0.571. The molecule has 146 valence electrons. The summed E-state index contributed by atoms with van der Waals surface area (Å²) in [5.41, 5.74) is 0.873. The topological polar surface area (TPSA) is 68.5 Å². The fourth-order valence-electron chi connectivity index (χ4n) is 3.29. The average molecular weight is 398 g/mol. The third-order valence-electron chi connectivity index (χ3n) is 4.80. The summed E-state index contributed by atoms with van der Waals surface area (Å²) in [5.74, 6) is 2.02. The summed E-state index contributed by atoms with van der Waals surface area (Å²) < 4.78 is 11.1. The van der Waals surface area contributed by atoms with E-state index in [1.165, 1.54) is 4.88 Å². The van der Waals surface area contributed by atoms with E-state index in [1.54, 1.807) is 11.3 Å². The number of benzene rings is 1. The Bertz CT molecular complexity index is 905. The van der Waals surface area contributed by atoms with Crippen LogP contribution < -0.4 is 4.74 Å². The molecule has 0 radical (unpaired) electrons. The molecule has 0 aliphatic carbocycles. The van der Waals surface area contributed by atoms with Gasteiger partial charge in [0.05, 0.1) is 12.5 Å². The molecule has 1 fully saturated rings. The number of rotatable bonds is 8. The van der Waals surface area contributed by atoms with Crippen molar-refractivity contribution in [3.8, 4) is 17.1 Å². The maximum atomic E-state index is 12.3. The second kappa shape index (κ2) is 8.56. The molecule has 2 aromatic heterocycles. The Morgan fingerprint density at radius 3 is 2.89 bits per heavy atom.